The second kappa shape index (κ2) is 10.5. The van der Waals surface area contributed by atoms with Gasteiger partial charge in [0.15, 0.2) is 5.82 Å². The topological polar surface area (TPSA) is 77.6 Å². The summed E-state index contributed by atoms with van der Waals surface area (Å²) in [6.07, 6.45) is 1.79. The van der Waals surface area contributed by atoms with E-state index >= 15 is 0 Å². The molecule has 0 radical (unpaired) electrons. The average molecular weight is 555 g/mol. The predicted octanol–water partition coefficient (Wildman–Crippen LogP) is 6.04. The molecule has 5 aromatic rings. The number of hydrogen-bond acceptors (Lipinski definition) is 5. The van der Waals surface area contributed by atoms with Crippen LogP contribution in [0.15, 0.2) is 59.8 Å². The van der Waals surface area contributed by atoms with Crippen molar-refractivity contribution in [1.82, 2.24) is 24.3 Å². The lowest BCUT2D eigenvalue weighted by Gasteiger charge is -2.22. The molecule has 0 aliphatic carbocycles. The third kappa shape index (κ3) is 4.92. The van der Waals surface area contributed by atoms with Crippen molar-refractivity contribution in [3.63, 3.8) is 0 Å². The molecule has 0 saturated carbocycles. The molecule has 0 aliphatic rings. The van der Waals surface area contributed by atoms with Crippen LogP contribution in [-0.4, -0.2) is 31.0 Å². The predicted molar refractivity (Wildman–Crippen MR) is 141 cm³/mol. The molecule has 206 valence electrons. The minimum Gasteiger partial charge on any atom is -0.375 e. The van der Waals surface area contributed by atoms with Crippen LogP contribution in [0.2, 0.25) is 0 Å². The van der Waals surface area contributed by atoms with Crippen LogP contribution in [0.5, 0.6) is 0 Å². The van der Waals surface area contributed by atoms with E-state index in [0.717, 1.165) is 35.5 Å². The van der Waals surface area contributed by atoms with E-state index in [1.54, 1.807) is 24.0 Å². The number of rotatable bonds is 7. The molecule has 0 unspecified atom stereocenters. The van der Waals surface area contributed by atoms with E-state index in [2.05, 4.69) is 20.4 Å². The quantitative estimate of drug-likeness (QED) is 0.248. The Morgan fingerprint density at radius 2 is 1.65 bits per heavy atom. The van der Waals surface area contributed by atoms with E-state index in [0.29, 0.717) is 23.1 Å². The first-order chi connectivity index (χ1) is 19.1. The number of fused-ring (bicyclic) bond motifs is 1. The first kappa shape index (κ1) is 27.0. The third-order valence-electron chi connectivity index (χ3n) is 6.66. The number of pyridine rings is 1. The van der Waals surface area contributed by atoms with E-state index in [9.17, 15) is 26.7 Å². The Labute approximate surface area is 224 Å². The SMILES string of the molecule is Cc1nn(C)cc1-c1ncc(-c2cc3c([C@@H](CF)Nc4ccc(F)cc4C(F)F)cc(F)cc3c(=O)n2C)cn1. The maximum Gasteiger partial charge on any atom is 0.265 e. The Morgan fingerprint density at radius 3 is 2.27 bits per heavy atom. The fourth-order valence-electron chi connectivity index (χ4n) is 4.72. The van der Waals surface area contributed by atoms with Gasteiger partial charge in [-0.15, -0.1) is 0 Å². The molecule has 0 amide bonds. The number of aromatic nitrogens is 5. The second-order valence-electron chi connectivity index (χ2n) is 9.33. The summed E-state index contributed by atoms with van der Waals surface area (Å²) in [4.78, 5) is 22.1. The van der Waals surface area contributed by atoms with E-state index in [1.807, 2.05) is 6.92 Å². The summed E-state index contributed by atoms with van der Waals surface area (Å²) in [5.74, 6) is -1.26. The molecule has 0 saturated heterocycles. The van der Waals surface area contributed by atoms with Crippen LogP contribution < -0.4 is 10.9 Å². The van der Waals surface area contributed by atoms with Gasteiger partial charge in [0.1, 0.15) is 18.3 Å². The molecule has 3 heterocycles. The zero-order valence-electron chi connectivity index (χ0n) is 21.6. The van der Waals surface area contributed by atoms with Gasteiger partial charge < -0.3 is 9.88 Å². The van der Waals surface area contributed by atoms with Crippen LogP contribution in [0.25, 0.3) is 33.4 Å². The second-order valence-corrected chi connectivity index (χ2v) is 9.33. The van der Waals surface area contributed by atoms with Gasteiger partial charge >= 0.3 is 0 Å². The number of alkyl halides is 3. The number of benzene rings is 2. The zero-order chi connectivity index (χ0) is 28.7. The normalized spacial score (nSPS) is 12.3. The Kier molecular flexibility index (Phi) is 7.09. The first-order valence-corrected chi connectivity index (χ1v) is 12.1. The van der Waals surface area contributed by atoms with Crippen LogP contribution in [0.1, 0.15) is 29.3 Å². The van der Waals surface area contributed by atoms with Crippen molar-refractivity contribution in [3.05, 3.63) is 93.8 Å². The number of nitrogens with zero attached hydrogens (tertiary/aromatic N) is 5. The van der Waals surface area contributed by atoms with Crippen molar-refractivity contribution < 1.29 is 22.0 Å². The van der Waals surface area contributed by atoms with Gasteiger partial charge in [0, 0.05) is 49.5 Å². The summed E-state index contributed by atoms with van der Waals surface area (Å²) < 4.78 is 72.7. The van der Waals surface area contributed by atoms with Gasteiger partial charge in [0.05, 0.1) is 28.4 Å². The van der Waals surface area contributed by atoms with Crippen LogP contribution in [0.3, 0.4) is 0 Å². The third-order valence-corrected chi connectivity index (χ3v) is 6.66. The van der Waals surface area contributed by atoms with Crippen molar-refractivity contribution in [2.24, 2.45) is 14.1 Å². The number of nitrogens with one attached hydrogen (secondary N) is 1. The highest BCUT2D eigenvalue weighted by molar-refractivity contribution is 5.89. The van der Waals surface area contributed by atoms with E-state index in [1.165, 1.54) is 24.0 Å². The average Bonchev–Trinajstić information content (AvgIpc) is 3.27. The standard InChI is InChI=1S/C28H23F5N6O/c1-14-22(13-38(2)37-14)27-34-11-15(12-35-27)25-9-18-19(7-17(31)8-20(18)28(40)39(25)3)24(10-29)36-23-5-4-16(30)6-21(23)26(32)33/h4-9,11-13,24,26,36H,10H2,1-3H3/t24-/m1/s1. The first-order valence-electron chi connectivity index (χ1n) is 12.1. The highest BCUT2D eigenvalue weighted by Crippen LogP contribution is 2.34. The Bertz CT molecular complexity index is 1780. The largest absolute Gasteiger partial charge is 0.375 e. The fraction of sp³-hybridized carbons (Fsp3) is 0.214. The van der Waals surface area contributed by atoms with Crippen molar-refractivity contribution in [3.8, 4) is 22.6 Å². The minimum atomic E-state index is -3.04. The van der Waals surface area contributed by atoms with Crippen LogP contribution in [0.4, 0.5) is 27.6 Å². The molecule has 1 atom stereocenters. The van der Waals surface area contributed by atoms with Gasteiger partial charge in [-0.1, -0.05) is 0 Å². The monoisotopic (exact) mass is 554 g/mol. The summed E-state index contributed by atoms with van der Waals surface area (Å²) >= 11 is 0. The number of hydrogen-bond donors (Lipinski definition) is 1. The fourth-order valence-corrected chi connectivity index (χ4v) is 4.72. The van der Waals surface area contributed by atoms with Gasteiger partial charge in [-0.25, -0.2) is 31.9 Å². The van der Waals surface area contributed by atoms with Gasteiger partial charge in [0.25, 0.3) is 12.0 Å². The molecule has 3 aromatic heterocycles. The maximum absolute atomic E-state index is 14.7. The maximum atomic E-state index is 14.7. The summed E-state index contributed by atoms with van der Waals surface area (Å²) in [6, 6.07) is 4.99. The smallest absolute Gasteiger partial charge is 0.265 e. The van der Waals surface area contributed by atoms with Crippen molar-refractivity contribution in [2.45, 2.75) is 19.4 Å². The van der Waals surface area contributed by atoms with Crippen LogP contribution >= 0.6 is 0 Å². The van der Waals surface area contributed by atoms with Gasteiger partial charge in [-0.05, 0) is 54.3 Å². The molecule has 7 nitrogen and oxygen atoms in total. The highest BCUT2D eigenvalue weighted by Gasteiger charge is 2.23. The van der Waals surface area contributed by atoms with Gasteiger partial charge in [0.2, 0.25) is 0 Å². The van der Waals surface area contributed by atoms with E-state index < -0.39 is 41.9 Å². The molecular formula is C28H23F5N6O. The molecular weight excluding hydrogens is 531 g/mol. The minimum absolute atomic E-state index is 0.0294. The van der Waals surface area contributed by atoms with Crippen LogP contribution in [-0.2, 0) is 14.1 Å². The lowest BCUT2D eigenvalue weighted by atomic mass is 9.97. The van der Waals surface area contributed by atoms with E-state index in [4.69, 9.17) is 0 Å². The molecule has 0 fully saturated rings. The molecule has 5 rings (SSSR count). The molecule has 0 aliphatic heterocycles. The van der Waals surface area contributed by atoms with Gasteiger partial charge in [-0.2, -0.15) is 5.10 Å². The van der Waals surface area contributed by atoms with Crippen molar-refractivity contribution >= 4 is 16.5 Å². The highest BCUT2D eigenvalue weighted by atomic mass is 19.3. The summed E-state index contributed by atoms with van der Waals surface area (Å²) in [5.41, 5.74) is 0.892. The summed E-state index contributed by atoms with van der Waals surface area (Å²) in [6.45, 7) is 0.692. The van der Waals surface area contributed by atoms with Crippen LogP contribution in [0, 0.1) is 18.6 Å². The molecule has 40 heavy (non-hydrogen) atoms. The summed E-state index contributed by atoms with van der Waals surface area (Å²) in [7, 11) is 3.28. The Balaban J connectivity index is 1.62. The molecule has 1 N–H and O–H groups in total. The van der Waals surface area contributed by atoms with Gasteiger partial charge in [-0.3, -0.25) is 9.48 Å². The molecule has 2 aromatic carbocycles. The van der Waals surface area contributed by atoms with Crippen molar-refractivity contribution in [1.29, 1.82) is 0 Å². The molecule has 12 heteroatoms. The number of anilines is 1. The Morgan fingerprint density at radius 1 is 0.950 bits per heavy atom. The number of aryl methyl sites for hydroxylation is 2. The molecule has 0 bridgehead atoms. The lowest BCUT2D eigenvalue weighted by molar-refractivity contribution is 0.151. The Hall–Kier alpha value is -4.61. The summed E-state index contributed by atoms with van der Waals surface area (Å²) in [5, 5.41) is 7.10. The lowest BCUT2D eigenvalue weighted by Crippen LogP contribution is -2.21. The van der Waals surface area contributed by atoms with Crippen molar-refractivity contribution in [2.75, 3.05) is 12.0 Å². The molecule has 0 spiro atoms. The number of halogens is 5. The zero-order valence-corrected chi connectivity index (χ0v) is 21.6. The van der Waals surface area contributed by atoms with E-state index in [-0.39, 0.29) is 22.0 Å².